The molecule has 0 spiro atoms. The zero-order valence-electron chi connectivity index (χ0n) is 10.2. The molecule has 1 aliphatic rings. The highest BCUT2D eigenvalue weighted by molar-refractivity contribution is 5.34. The standard InChI is InChI=1S/C14H18N2O/c1-2-6-16-7-8-17-14(11-16)13-5-3-4-12(9-13)10-15/h3-5,9,14H,2,6-8,11H2,1H3. The van der Waals surface area contributed by atoms with Crippen LogP contribution < -0.4 is 0 Å². The van der Waals surface area contributed by atoms with Gasteiger partial charge in [-0.2, -0.15) is 5.26 Å². The van der Waals surface area contributed by atoms with Crippen LogP contribution in [-0.2, 0) is 4.74 Å². The average molecular weight is 230 g/mol. The van der Waals surface area contributed by atoms with Crippen molar-refractivity contribution >= 4 is 0 Å². The molecule has 0 N–H and O–H groups in total. The van der Waals surface area contributed by atoms with Crippen molar-refractivity contribution in [2.75, 3.05) is 26.2 Å². The zero-order valence-corrected chi connectivity index (χ0v) is 10.2. The average Bonchev–Trinajstić information content (AvgIpc) is 2.40. The third-order valence-electron chi connectivity index (χ3n) is 3.08. The molecule has 1 heterocycles. The topological polar surface area (TPSA) is 36.3 Å². The highest BCUT2D eigenvalue weighted by atomic mass is 16.5. The molecule has 2 rings (SSSR count). The predicted octanol–water partition coefficient (Wildman–Crippen LogP) is 2.34. The molecule has 3 nitrogen and oxygen atoms in total. The van der Waals surface area contributed by atoms with Gasteiger partial charge in [0.15, 0.2) is 0 Å². The van der Waals surface area contributed by atoms with Gasteiger partial charge >= 0.3 is 0 Å². The Kier molecular flexibility index (Phi) is 4.13. The Balaban J connectivity index is 2.08. The molecule has 1 atom stereocenters. The van der Waals surface area contributed by atoms with Crippen molar-refractivity contribution in [3.8, 4) is 6.07 Å². The van der Waals surface area contributed by atoms with E-state index in [9.17, 15) is 0 Å². The van der Waals surface area contributed by atoms with Gasteiger partial charge in [0, 0.05) is 13.1 Å². The molecular formula is C14H18N2O. The molecule has 1 aromatic rings. The summed E-state index contributed by atoms with van der Waals surface area (Å²) >= 11 is 0. The van der Waals surface area contributed by atoms with E-state index >= 15 is 0 Å². The van der Waals surface area contributed by atoms with Gasteiger partial charge in [-0.3, -0.25) is 4.90 Å². The third kappa shape index (κ3) is 3.06. The number of ether oxygens (including phenoxy) is 1. The summed E-state index contributed by atoms with van der Waals surface area (Å²) in [6.45, 7) is 6.05. The molecule has 90 valence electrons. The summed E-state index contributed by atoms with van der Waals surface area (Å²) in [4.78, 5) is 2.42. The van der Waals surface area contributed by atoms with Crippen molar-refractivity contribution in [2.45, 2.75) is 19.4 Å². The number of hydrogen-bond acceptors (Lipinski definition) is 3. The lowest BCUT2D eigenvalue weighted by Gasteiger charge is -2.32. The molecular weight excluding hydrogens is 212 g/mol. The van der Waals surface area contributed by atoms with Crippen molar-refractivity contribution in [3.63, 3.8) is 0 Å². The number of nitrogens with zero attached hydrogens (tertiary/aromatic N) is 2. The van der Waals surface area contributed by atoms with Crippen molar-refractivity contribution in [2.24, 2.45) is 0 Å². The largest absolute Gasteiger partial charge is 0.371 e. The van der Waals surface area contributed by atoms with Crippen LogP contribution in [0.2, 0.25) is 0 Å². The van der Waals surface area contributed by atoms with E-state index in [-0.39, 0.29) is 6.10 Å². The Morgan fingerprint density at radius 1 is 1.53 bits per heavy atom. The number of hydrogen-bond donors (Lipinski definition) is 0. The van der Waals surface area contributed by atoms with Crippen LogP contribution >= 0.6 is 0 Å². The van der Waals surface area contributed by atoms with E-state index < -0.39 is 0 Å². The lowest BCUT2D eigenvalue weighted by molar-refractivity contribution is -0.0298. The van der Waals surface area contributed by atoms with Gasteiger partial charge in [-0.25, -0.2) is 0 Å². The summed E-state index contributed by atoms with van der Waals surface area (Å²) in [5.74, 6) is 0. The summed E-state index contributed by atoms with van der Waals surface area (Å²) in [7, 11) is 0. The van der Waals surface area contributed by atoms with Gasteiger partial charge in [0.2, 0.25) is 0 Å². The first-order valence-corrected chi connectivity index (χ1v) is 6.17. The number of benzene rings is 1. The van der Waals surface area contributed by atoms with Crippen LogP contribution in [0.25, 0.3) is 0 Å². The maximum absolute atomic E-state index is 8.90. The van der Waals surface area contributed by atoms with Gasteiger partial charge in [-0.1, -0.05) is 19.1 Å². The van der Waals surface area contributed by atoms with Crippen LogP contribution in [0.1, 0.15) is 30.6 Å². The van der Waals surface area contributed by atoms with E-state index in [0.29, 0.717) is 5.56 Å². The summed E-state index contributed by atoms with van der Waals surface area (Å²) in [6, 6.07) is 9.90. The molecule has 1 aliphatic heterocycles. The van der Waals surface area contributed by atoms with E-state index in [4.69, 9.17) is 10.00 Å². The smallest absolute Gasteiger partial charge is 0.0991 e. The molecule has 17 heavy (non-hydrogen) atoms. The van der Waals surface area contributed by atoms with Crippen LogP contribution in [0.5, 0.6) is 0 Å². The van der Waals surface area contributed by atoms with Crippen molar-refractivity contribution in [3.05, 3.63) is 35.4 Å². The van der Waals surface area contributed by atoms with Gasteiger partial charge in [0.25, 0.3) is 0 Å². The van der Waals surface area contributed by atoms with Crippen molar-refractivity contribution in [1.29, 1.82) is 5.26 Å². The minimum absolute atomic E-state index is 0.114. The molecule has 1 unspecified atom stereocenters. The minimum Gasteiger partial charge on any atom is -0.371 e. The summed E-state index contributed by atoms with van der Waals surface area (Å²) in [6.07, 6.45) is 1.29. The quantitative estimate of drug-likeness (QED) is 0.799. The zero-order chi connectivity index (χ0) is 12.1. The SMILES string of the molecule is CCCN1CCOC(c2cccc(C#N)c2)C1. The van der Waals surface area contributed by atoms with Crippen LogP contribution in [-0.4, -0.2) is 31.1 Å². The first kappa shape index (κ1) is 12.1. The van der Waals surface area contributed by atoms with Crippen LogP contribution in [0.15, 0.2) is 24.3 Å². The lowest BCUT2D eigenvalue weighted by atomic mass is 10.0. The first-order valence-electron chi connectivity index (χ1n) is 6.17. The monoisotopic (exact) mass is 230 g/mol. The van der Waals surface area contributed by atoms with Crippen LogP contribution in [0.3, 0.4) is 0 Å². The van der Waals surface area contributed by atoms with Crippen LogP contribution in [0.4, 0.5) is 0 Å². The maximum atomic E-state index is 8.90. The fourth-order valence-corrected chi connectivity index (χ4v) is 2.23. The molecule has 1 fully saturated rings. The minimum atomic E-state index is 0.114. The van der Waals surface area contributed by atoms with Gasteiger partial charge in [0.05, 0.1) is 24.3 Å². The van der Waals surface area contributed by atoms with E-state index in [1.54, 1.807) is 0 Å². The Morgan fingerprint density at radius 3 is 3.18 bits per heavy atom. The van der Waals surface area contributed by atoms with Gasteiger partial charge in [-0.05, 0) is 30.7 Å². The Morgan fingerprint density at radius 2 is 2.41 bits per heavy atom. The van der Waals surface area contributed by atoms with Crippen molar-refractivity contribution < 1.29 is 4.74 Å². The Bertz CT molecular complexity index is 409. The van der Waals surface area contributed by atoms with Crippen molar-refractivity contribution in [1.82, 2.24) is 4.90 Å². The van der Waals surface area contributed by atoms with E-state index in [1.165, 1.54) is 6.42 Å². The second-order valence-electron chi connectivity index (χ2n) is 4.40. The van der Waals surface area contributed by atoms with Gasteiger partial charge in [0.1, 0.15) is 0 Å². The number of morpholine rings is 1. The van der Waals surface area contributed by atoms with Crippen LogP contribution in [0, 0.1) is 11.3 Å². The Hall–Kier alpha value is -1.37. The second-order valence-corrected chi connectivity index (χ2v) is 4.40. The van der Waals surface area contributed by atoms with E-state index in [0.717, 1.165) is 31.8 Å². The molecule has 1 saturated heterocycles. The lowest BCUT2D eigenvalue weighted by Crippen LogP contribution is -2.38. The second kappa shape index (κ2) is 5.81. The molecule has 0 saturated carbocycles. The molecule has 3 heteroatoms. The summed E-state index contributed by atoms with van der Waals surface area (Å²) in [5, 5.41) is 8.90. The summed E-state index contributed by atoms with van der Waals surface area (Å²) < 4.78 is 5.79. The fraction of sp³-hybridized carbons (Fsp3) is 0.500. The third-order valence-corrected chi connectivity index (χ3v) is 3.08. The highest BCUT2D eigenvalue weighted by Crippen LogP contribution is 2.22. The number of nitriles is 1. The fourth-order valence-electron chi connectivity index (χ4n) is 2.23. The summed E-state index contributed by atoms with van der Waals surface area (Å²) in [5.41, 5.74) is 1.82. The number of rotatable bonds is 3. The Labute approximate surface area is 103 Å². The molecule has 0 bridgehead atoms. The normalized spacial score (nSPS) is 21.1. The molecule has 0 aromatic heterocycles. The molecule has 0 aliphatic carbocycles. The highest BCUT2D eigenvalue weighted by Gasteiger charge is 2.21. The van der Waals surface area contributed by atoms with E-state index in [1.807, 2.05) is 24.3 Å². The van der Waals surface area contributed by atoms with Gasteiger partial charge in [-0.15, -0.1) is 0 Å². The maximum Gasteiger partial charge on any atom is 0.0991 e. The molecule has 0 amide bonds. The molecule has 1 aromatic carbocycles. The predicted molar refractivity (Wildman–Crippen MR) is 66.6 cm³/mol. The van der Waals surface area contributed by atoms with E-state index in [2.05, 4.69) is 17.9 Å². The van der Waals surface area contributed by atoms with Gasteiger partial charge < -0.3 is 4.74 Å². The first-order chi connectivity index (χ1) is 8.33. The molecule has 0 radical (unpaired) electrons.